The molecule has 0 aliphatic rings. The zero-order chi connectivity index (χ0) is 10.4. The minimum atomic E-state index is 0.188. The van der Waals surface area contributed by atoms with E-state index < -0.39 is 0 Å². The van der Waals surface area contributed by atoms with Crippen LogP contribution in [0.5, 0.6) is 0 Å². The molecule has 1 N–H and O–H groups in total. The Morgan fingerprint density at radius 1 is 1.71 bits per heavy atom. The normalized spacial score (nSPS) is 13.1. The molecule has 1 aromatic heterocycles. The van der Waals surface area contributed by atoms with Crippen molar-refractivity contribution in [3.8, 4) is 0 Å². The van der Waals surface area contributed by atoms with Gasteiger partial charge in [-0.15, -0.1) is 11.8 Å². The van der Waals surface area contributed by atoms with Gasteiger partial charge in [-0.1, -0.05) is 12.1 Å². The Balaban J connectivity index is 2.35. The average molecular weight is 217 g/mol. The maximum absolute atomic E-state index is 8.82. The number of aromatic nitrogens is 1. The summed E-state index contributed by atoms with van der Waals surface area (Å²) in [5.41, 5.74) is 0.891. The predicted molar refractivity (Wildman–Crippen MR) is 55.1 cm³/mol. The fourth-order valence-corrected chi connectivity index (χ4v) is 1.61. The first-order valence-electron chi connectivity index (χ1n) is 4.42. The van der Waals surface area contributed by atoms with Gasteiger partial charge in [0.15, 0.2) is 5.76 Å². The van der Waals surface area contributed by atoms with Crippen molar-refractivity contribution in [2.75, 3.05) is 13.7 Å². The molecule has 80 valence electrons. The third-order valence-corrected chi connectivity index (χ3v) is 2.85. The Kier molecular flexibility index (Phi) is 5.00. The molecule has 0 saturated heterocycles. The van der Waals surface area contributed by atoms with Crippen LogP contribution in [0.25, 0.3) is 0 Å². The molecule has 1 heterocycles. The van der Waals surface area contributed by atoms with E-state index in [2.05, 4.69) is 5.16 Å². The maximum atomic E-state index is 8.82. The summed E-state index contributed by atoms with van der Waals surface area (Å²) in [4.78, 5) is 0. The lowest BCUT2D eigenvalue weighted by atomic mass is 10.4. The van der Waals surface area contributed by atoms with Crippen molar-refractivity contribution in [2.24, 2.45) is 0 Å². The van der Waals surface area contributed by atoms with Gasteiger partial charge in [0.05, 0.1) is 12.3 Å². The van der Waals surface area contributed by atoms with Crippen LogP contribution in [-0.4, -0.2) is 29.2 Å². The van der Waals surface area contributed by atoms with E-state index in [1.807, 2.05) is 13.0 Å². The van der Waals surface area contributed by atoms with Crippen molar-refractivity contribution in [1.82, 2.24) is 5.16 Å². The minimum absolute atomic E-state index is 0.188. The molecule has 0 radical (unpaired) electrons. The summed E-state index contributed by atoms with van der Waals surface area (Å²) in [6.45, 7) is 2.61. The Morgan fingerprint density at radius 3 is 3.14 bits per heavy atom. The molecule has 0 bridgehead atoms. The zero-order valence-electron chi connectivity index (χ0n) is 8.40. The monoisotopic (exact) mass is 217 g/mol. The summed E-state index contributed by atoms with van der Waals surface area (Å²) in [7, 11) is 1.62. The highest BCUT2D eigenvalue weighted by Crippen LogP contribution is 2.17. The fourth-order valence-electron chi connectivity index (χ4n) is 0.914. The van der Waals surface area contributed by atoms with Crippen molar-refractivity contribution in [2.45, 2.75) is 24.5 Å². The standard InChI is InChI=1S/C9H15NO3S/c1-7(4-11)14-6-8-3-9(5-12-2)13-10-8/h3,7,11H,4-6H2,1-2H3. The topological polar surface area (TPSA) is 55.5 Å². The van der Waals surface area contributed by atoms with Crippen molar-refractivity contribution >= 4 is 11.8 Å². The van der Waals surface area contributed by atoms with E-state index in [1.165, 1.54) is 0 Å². The molecular formula is C9H15NO3S. The Morgan fingerprint density at radius 2 is 2.50 bits per heavy atom. The first-order chi connectivity index (χ1) is 6.76. The Hall–Kier alpha value is -0.520. The van der Waals surface area contributed by atoms with Crippen molar-refractivity contribution in [1.29, 1.82) is 0 Å². The number of hydrogen-bond acceptors (Lipinski definition) is 5. The van der Waals surface area contributed by atoms with Crippen LogP contribution in [0.15, 0.2) is 10.6 Å². The first-order valence-corrected chi connectivity index (χ1v) is 5.47. The van der Waals surface area contributed by atoms with Crippen LogP contribution in [0.3, 0.4) is 0 Å². The molecule has 0 amide bonds. The van der Waals surface area contributed by atoms with E-state index in [0.29, 0.717) is 6.61 Å². The fraction of sp³-hybridized carbons (Fsp3) is 0.667. The number of thioether (sulfide) groups is 1. The van der Waals surface area contributed by atoms with Gasteiger partial charge in [0, 0.05) is 24.2 Å². The van der Waals surface area contributed by atoms with E-state index >= 15 is 0 Å². The van der Waals surface area contributed by atoms with Gasteiger partial charge in [-0.2, -0.15) is 0 Å². The molecule has 1 unspecified atom stereocenters. The van der Waals surface area contributed by atoms with Crippen LogP contribution in [-0.2, 0) is 17.1 Å². The van der Waals surface area contributed by atoms with Crippen LogP contribution in [0.4, 0.5) is 0 Å². The summed E-state index contributed by atoms with van der Waals surface area (Å²) >= 11 is 1.65. The van der Waals surface area contributed by atoms with Crippen LogP contribution in [0.2, 0.25) is 0 Å². The zero-order valence-corrected chi connectivity index (χ0v) is 9.21. The number of ether oxygens (including phenoxy) is 1. The van der Waals surface area contributed by atoms with Crippen molar-refractivity contribution in [3.63, 3.8) is 0 Å². The Bertz CT molecular complexity index is 264. The molecule has 1 aromatic rings. The number of aliphatic hydroxyl groups excluding tert-OH is 1. The molecule has 4 nitrogen and oxygen atoms in total. The minimum Gasteiger partial charge on any atom is -0.395 e. The maximum Gasteiger partial charge on any atom is 0.162 e. The van der Waals surface area contributed by atoms with Gasteiger partial charge >= 0.3 is 0 Å². The number of hydrogen-bond donors (Lipinski definition) is 1. The number of rotatable bonds is 6. The van der Waals surface area contributed by atoms with Crippen molar-refractivity contribution < 1.29 is 14.4 Å². The Labute approximate surface area is 87.6 Å². The van der Waals surface area contributed by atoms with E-state index in [0.717, 1.165) is 17.2 Å². The second-order valence-corrected chi connectivity index (χ2v) is 4.45. The van der Waals surface area contributed by atoms with Gasteiger partial charge in [-0.05, 0) is 0 Å². The second-order valence-electron chi connectivity index (χ2n) is 3.02. The highest BCUT2D eigenvalue weighted by molar-refractivity contribution is 7.99. The summed E-state index contributed by atoms with van der Waals surface area (Å²) in [5.74, 6) is 1.49. The third kappa shape index (κ3) is 3.69. The van der Waals surface area contributed by atoms with Gasteiger partial charge in [0.25, 0.3) is 0 Å². The molecule has 0 spiro atoms. The first kappa shape index (κ1) is 11.6. The lowest BCUT2D eigenvalue weighted by Gasteiger charge is -2.03. The third-order valence-electron chi connectivity index (χ3n) is 1.67. The molecular weight excluding hydrogens is 202 g/mol. The molecule has 0 aliphatic carbocycles. The van der Waals surface area contributed by atoms with Gasteiger partial charge in [-0.25, -0.2) is 0 Å². The van der Waals surface area contributed by atoms with Gasteiger partial charge < -0.3 is 14.4 Å². The van der Waals surface area contributed by atoms with Crippen LogP contribution in [0, 0.1) is 0 Å². The van der Waals surface area contributed by atoms with Crippen molar-refractivity contribution in [3.05, 3.63) is 17.5 Å². The van der Waals surface area contributed by atoms with Gasteiger partial charge in [0.2, 0.25) is 0 Å². The lowest BCUT2D eigenvalue weighted by Crippen LogP contribution is -2.02. The molecule has 14 heavy (non-hydrogen) atoms. The average Bonchev–Trinajstić information content (AvgIpc) is 2.63. The second kappa shape index (κ2) is 6.06. The molecule has 1 atom stereocenters. The SMILES string of the molecule is COCc1cc(CSC(C)CO)no1. The number of nitrogens with zero attached hydrogens (tertiary/aromatic N) is 1. The molecule has 0 aliphatic heterocycles. The molecule has 0 aromatic carbocycles. The summed E-state index contributed by atoms with van der Waals surface area (Å²) in [5, 5.41) is 12.9. The largest absolute Gasteiger partial charge is 0.395 e. The van der Waals surface area contributed by atoms with E-state index in [1.54, 1.807) is 18.9 Å². The van der Waals surface area contributed by atoms with E-state index in [4.69, 9.17) is 14.4 Å². The highest BCUT2D eigenvalue weighted by atomic mass is 32.2. The molecule has 5 heteroatoms. The van der Waals surface area contributed by atoms with Crippen LogP contribution < -0.4 is 0 Å². The molecule has 0 fully saturated rings. The predicted octanol–water partition coefficient (Wildman–Crippen LogP) is 1.44. The molecule has 0 saturated carbocycles. The van der Waals surface area contributed by atoms with Crippen LogP contribution >= 0.6 is 11.8 Å². The van der Waals surface area contributed by atoms with E-state index in [-0.39, 0.29) is 11.9 Å². The van der Waals surface area contributed by atoms with Crippen LogP contribution in [0.1, 0.15) is 18.4 Å². The number of aliphatic hydroxyl groups is 1. The molecule has 1 rings (SSSR count). The lowest BCUT2D eigenvalue weighted by molar-refractivity contribution is 0.156. The quantitative estimate of drug-likeness (QED) is 0.781. The summed E-state index contributed by atoms with van der Waals surface area (Å²) in [6, 6.07) is 1.88. The van der Waals surface area contributed by atoms with E-state index in [9.17, 15) is 0 Å². The summed E-state index contributed by atoms with van der Waals surface area (Å²) in [6.07, 6.45) is 0. The highest BCUT2D eigenvalue weighted by Gasteiger charge is 2.06. The number of methoxy groups -OCH3 is 1. The summed E-state index contributed by atoms with van der Waals surface area (Å²) < 4.78 is 9.93. The van der Waals surface area contributed by atoms with Gasteiger partial charge in [0.1, 0.15) is 6.61 Å². The smallest absolute Gasteiger partial charge is 0.162 e. The van der Waals surface area contributed by atoms with Gasteiger partial charge in [-0.3, -0.25) is 0 Å².